The summed E-state index contributed by atoms with van der Waals surface area (Å²) in [5.41, 5.74) is 0.601. The van der Waals surface area contributed by atoms with Gasteiger partial charge >= 0.3 is 0 Å². The Morgan fingerprint density at radius 1 is 0.889 bits per heavy atom. The number of benzene rings is 1. The Bertz CT molecular complexity index is 785. The van der Waals surface area contributed by atoms with E-state index in [2.05, 4.69) is 0 Å². The van der Waals surface area contributed by atoms with Crippen LogP contribution >= 0.6 is 0 Å². The fourth-order valence-electron chi connectivity index (χ4n) is 5.67. The van der Waals surface area contributed by atoms with Crippen LogP contribution in [0.25, 0.3) is 0 Å². The Labute approximate surface area is 163 Å². The van der Waals surface area contributed by atoms with Crippen molar-refractivity contribution < 1.29 is 13.2 Å². The van der Waals surface area contributed by atoms with Gasteiger partial charge in [-0.15, -0.1) is 0 Å². The van der Waals surface area contributed by atoms with Crippen LogP contribution < -0.4 is 0 Å². The van der Waals surface area contributed by atoms with Gasteiger partial charge < -0.3 is 0 Å². The molecule has 0 unspecified atom stereocenters. The first-order valence-electron chi connectivity index (χ1n) is 10.6. The maximum absolute atomic E-state index is 13.4. The minimum Gasteiger partial charge on any atom is -0.273 e. The van der Waals surface area contributed by atoms with Crippen LogP contribution in [0.4, 0.5) is 0 Å². The van der Waals surface area contributed by atoms with Crippen LogP contribution in [0.5, 0.6) is 0 Å². The number of amides is 1. The maximum atomic E-state index is 13.4. The highest BCUT2D eigenvalue weighted by atomic mass is 32.2. The highest BCUT2D eigenvalue weighted by Gasteiger charge is 2.65. The lowest BCUT2D eigenvalue weighted by Gasteiger charge is -2.58. The molecule has 2 saturated carbocycles. The van der Waals surface area contributed by atoms with Crippen LogP contribution in [-0.2, 0) is 14.8 Å². The topological polar surface area (TPSA) is 54.5 Å². The third-order valence-corrected chi connectivity index (χ3v) is 8.89. The lowest BCUT2D eigenvalue weighted by molar-refractivity contribution is -0.168. The second kappa shape index (κ2) is 7.23. The molecule has 0 radical (unpaired) electrons. The minimum absolute atomic E-state index is 0.124. The fraction of sp³-hybridized carbons (Fsp3) is 0.682. The summed E-state index contributed by atoms with van der Waals surface area (Å²) in [5, 5.41) is 0. The van der Waals surface area contributed by atoms with E-state index in [9.17, 15) is 13.2 Å². The summed E-state index contributed by atoms with van der Waals surface area (Å²) in [7, 11) is -3.77. The Hall–Kier alpha value is -1.36. The molecule has 1 heterocycles. The van der Waals surface area contributed by atoms with E-state index in [1.807, 2.05) is 19.1 Å². The predicted molar refractivity (Wildman–Crippen MR) is 106 cm³/mol. The molecule has 1 aliphatic heterocycles. The normalized spacial score (nSPS) is 26.6. The van der Waals surface area contributed by atoms with Crippen LogP contribution in [0.3, 0.4) is 0 Å². The van der Waals surface area contributed by atoms with Crippen molar-refractivity contribution in [2.45, 2.75) is 88.5 Å². The number of nitrogens with zero attached hydrogens (tertiary/aromatic N) is 1. The predicted octanol–water partition coefficient (Wildman–Crippen LogP) is 4.82. The molecule has 3 fully saturated rings. The quantitative estimate of drug-likeness (QED) is 0.697. The number of aryl methyl sites for hydroxylation is 1. The van der Waals surface area contributed by atoms with Crippen molar-refractivity contribution in [1.29, 1.82) is 0 Å². The largest absolute Gasteiger partial charge is 0.273 e. The van der Waals surface area contributed by atoms with Gasteiger partial charge in [0.05, 0.1) is 16.4 Å². The maximum Gasteiger partial charge on any atom is 0.266 e. The third-order valence-electron chi connectivity index (χ3n) is 7.11. The zero-order valence-corrected chi connectivity index (χ0v) is 17.1. The molecule has 1 aromatic carbocycles. The summed E-state index contributed by atoms with van der Waals surface area (Å²) in [6.45, 7) is 1.94. The Kier molecular flexibility index (Phi) is 5.08. The first kappa shape index (κ1) is 19.0. The second-order valence-electron chi connectivity index (χ2n) is 8.83. The van der Waals surface area contributed by atoms with Crippen LogP contribution in [0, 0.1) is 18.3 Å². The van der Waals surface area contributed by atoms with Crippen LogP contribution in [-0.4, -0.2) is 24.7 Å². The van der Waals surface area contributed by atoms with E-state index >= 15 is 0 Å². The van der Waals surface area contributed by atoms with Crippen molar-refractivity contribution in [2.75, 3.05) is 0 Å². The molecule has 4 rings (SSSR count). The van der Waals surface area contributed by atoms with Gasteiger partial charge in [0.2, 0.25) is 5.91 Å². The number of hydrogen-bond donors (Lipinski definition) is 0. The molecule has 5 heteroatoms. The molecule has 27 heavy (non-hydrogen) atoms. The lowest BCUT2D eigenvalue weighted by atomic mass is 9.61. The summed E-state index contributed by atoms with van der Waals surface area (Å²) in [4.78, 5) is 13.6. The molecule has 1 saturated heterocycles. The van der Waals surface area contributed by atoms with Crippen LogP contribution in [0.15, 0.2) is 29.2 Å². The van der Waals surface area contributed by atoms with E-state index in [1.165, 1.54) is 10.7 Å². The Balaban J connectivity index is 1.72. The minimum atomic E-state index is -3.77. The van der Waals surface area contributed by atoms with Crippen molar-refractivity contribution in [3.05, 3.63) is 29.8 Å². The molecule has 0 aromatic heterocycles. The van der Waals surface area contributed by atoms with Gasteiger partial charge in [-0.1, -0.05) is 62.6 Å². The number of sulfonamides is 1. The van der Waals surface area contributed by atoms with E-state index in [0.29, 0.717) is 5.92 Å². The van der Waals surface area contributed by atoms with Crippen molar-refractivity contribution >= 4 is 15.9 Å². The van der Waals surface area contributed by atoms with Gasteiger partial charge in [-0.2, -0.15) is 0 Å². The van der Waals surface area contributed by atoms with E-state index in [4.69, 9.17) is 0 Å². The average molecular weight is 390 g/mol. The van der Waals surface area contributed by atoms with Gasteiger partial charge in [0.1, 0.15) is 0 Å². The molecule has 1 spiro atoms. The number of carbonyl (C=O) groups excluding carboxylic acids is 1. The van der Waals surface area contributed by atoms with Crippen molar-refractivity contribution in [1.82, 2.24) is 4.31 Å². The summed E-state index contributed by atoms with van der Waals surface area (Å²) in [5.74, 6) is 0.204. The zero-order chi connectivity index (χ0) is 19.1. The monoisotopic (exact) mass is 389 g/mol. The molecule has 0 N–H and O–H groups in total. The van der Waals surface area contributed by atoms with E-state index in [0.717, 1.165) is 69.8 Å². The first-order chi connectivity index (χ1) is 13.0. The Morgan fingerprint density at radius 3 is 2.04 bits per heavy atom. The molecule has 1 aromatic rings. The number of carbonyl (C=O) groups is 1. The average Bonchev–Trinajstić information content (AvgIpc) is 2.94. The van der Waals surface area contributed by atoms with Gasteiger partial charge in [0.15, 0.2) is 0 Å². The molecule has 4 nitrogen and oxygen atoms in total. The van der Waals surface area contributed by atoms with Crippen LogP contribution in [0.1, 0.15) is 76.2 Å². The SMILES string of the molecule is Cc1ccc(S(=O)(=O)N2C(=O)C3(CCCCCC3)[C@@H]2C2CCCCC2)cc1. The van der Waals surface area contributed by atoms with E-state index in [1.54, 1.807) is 12.1 Å². The van der Waals surface area contributed by atoms with Gasteiger partial charge in [-0.25, -0.2) is 12.7 Å². The van der Waals surface area contributed by atoms with Gasteiger partial charge in [-0.05, 0) is 50.7 Å². The zero-order valence-electron chi connectivity index (χ0n) is 16.3. The molecule has 0 bridgehead atoms. The van der Waals surface area contributed by atoms with Crippen molar-refractivity contribution in [3.8, 4) is 0 Å². The van der Waals surface area contributed by atoms with Crippen LogP contribution in [0.2, 0.25) is 0 Å². The first-order valence-corrected chi connectivity index (χ1v) is 12.1. The number of hydrogen-bond acceptors (Lipinski definition) is 3. The van der Waals surface area contributed by atoms with E-state index in [-0.39, 0.29) is 16.8 Å². The van der Waals surface area contributed by atoms with Gasteiger partial charge in [-0.3, -0.25) is 4.79 Å². The smallest absolute Gasteiger partial charge is 0.266 e. The molecule has 1 atom stereocenters. The van der Waals surface area contributed by atoms with Gasteiger partial charge in [0, 0.05) is 0 Å². The number of β-lactam (4-membered cyclic amide) rings is 1. The molecular weight excluding hydrogens is 358 g/mol. The molecule has 1 amide bonds. The van der Waals surface area contributed by atoms with Crippen molar-refractivity contribution in [3.63, 3.8) is 0 Å². The standard InChI is InChI=1S/C22H31NO3S/c1-17-11-13-19(14-12-17)27(25,26)23-20(18-9-5-4-6-10-18)22(21(23)24)15-7-2-3-8-16-22/h11-14,18,20H,2-10,15-16H2,1H3/t20-/m0/s1. The molecule has 148 valence electrons. The third kappa shape index (κ3) is 3.12. The summed E-state index contributed by atoms with van der Waals surface area (Å²) in [6, 6.07) is 6.79. The van der Waals surface area contributed by atoms with E-state index < -0.39 is 15.4 Å². The number of rotatable bonds is 3. The highest BCUT2D eigenvalue weighted by molar-refractivity contribution is 7.89. The summed E-state index contributed by atoms with van der Waals surface area (Å²) < 4.78 is 28.1. The summed E-state index contributed by atoms with van der Waals surface area (Å²) >= 11 is 0. The lowest BCUT2D eigenvalue weighted by Crippen LogP contribution is -2.72. The summed E-state index contributed by atoms with van der Waals surface area (Å²) in [6.07, 6.45) is 11.8. The fourth-order valence-corrected chi connectivity index (χ4v) is 7.45. The van der Waals surface area contributed by atoms with Gasteiger partial charge in [0.25, 0.3) is 10.0 Å². The molecule has 2 aliphatic carbocycles. The second-order valence-corrected chi connectivity index (χ2v) is 10.6. The molecule has 3 aliphatic rings. The molecular formula is C22H31NO3S. The highest BCUT2D eigenvalue weighted by Crippen LogP contribution is 2.55. The Morgan fingerprint density at radius 2 is 1.44 bits per heavy atom. The van der Waals surface area contributed by atoms with Crippen molar-refractivity contribution in [2.24, 2.45) is 11.3 Å².